The molecule has 0 bridgehead atoms. The number of rotatable bonds is 12. The number of carbonyl (C=O) groups excluding carboxylic acids is 4. The van der Waals surface area contributed by atoms with Crippen LogP contribution in [0.15, 0.2) is 30.9 Å². The van der Waals surface area contributed by atoms with E-state index >= 15 is 0 Å². The smallest absolute Gasteiger partial charge is 0.410 e. The SMILES string of the molecule is CC[C@H]1OC(=O)[C@H](C)C(=O)[C@H](C)[C@@H](OC2O[C@H](C)C[C@H](N(C)C)[C@H]2O)[C@@](C)(OC)C[C@@H](C)C(=O)[C@H](C)[C@H]2N(CCCCn3cnc(-c4ccc(OC)nc4)c3)C(=O)O[C@]12C. The average molecular weight is 842 g/mol. The van der Waals surface area contributed by atoms with Gasteiger partial charge in [-0.1, -0.05) is 27.7 Å². The van der Waals surface area contributed by atoms with Crippen molar-refractivity contribution < 1.29 is 52.7 Å². The molecule has 0 saturated carbocycles. The molecule has 3 fully saturated rings. The van der Waals surface area contributed by atoms with Crippen molar-refractivity contribution in [3.05, 3.63) is 30.9 Å². The van der Waals surface area contributed by atoms with Crippen LogP contribution in [0.1, 0.15) is 87.5 Å². The standard InChI is InChI=1S/C44H67N5O11/c1-13-33-44(8)38(49(42(54)60-44)19-15-14-18-48-23-31(46-24-48)30-16-17-34(55-11)45-22-30)27(4)35(50)25(2)21-43(7,56-12)39(28(5)36(51)29(6)40(53)58-33)59-41-37(52)32(47(9)10)20-26(3)57-41/h16-17,22-29,32-33,37-39,41,52H,13-15,18-21H2,1-12H3/t25-,26-,27+,28+,29-,32+,33-,37-,38-,39-,41?,43+,44-/m1/s1. The van der Waals surface area contributed by atoms with E-state index in [-0.39, 0.29) is 37.3 Å². The van der Waals surface area contributed by atoms with Gasteiger partial charge in [-0.15, -0.1) is 0 Å². The van der Waals surface area contributed by atoms with E-state index in [0.717, 1.165) is 11.3 Å². The Morgan fingerprint density at radius 3 is 2.28 bits per heavy atom. The van der Waals surface area contributed by atoms with Crippen LogP contribution in [0.5, 0.6) is 5.88 Å². The summed E-state index contributed by atoms with van der Waals surface area (Å²) in [5.74, 6) is -4.48. The molecule has 16 nitrogen and oxygen atoms in total. The van der Waals surface area contributed by atoms with Crippen LogP contribution in [0.3, 0.4) is 0 Å². The number of Topliss-reactive ketones (excluding diaryl/α,β-unsaturated/α-hetero) is 2. The number of unbranched alkanes of at least 4 members (excludes halogenated alkanes) is 1. The molecule has 5 rings (SSSR count). The molecule has 0 aromatic carbocycles. The summed E-state index contributed by atoms with van der Waals surface area (Å²) >= 11 is 0. The molecule has 0 spiro atoms. The normalized spacial score (nSPS) is 35.8. The number of nitrogens with zero attached hydrogens (tertiary/aromatic N) is 5. The molecule has 2 aromatic rings. The number of esters is 1. The van der Waals surface area contributed by atoms with Gasteiger partial charge in [0.2, 0.25) is 5.88 Å². The van der Waals surface area contributed by atoms with Crippen molar-refractivity contribution in [2.24, 2.45) is 23.7 Å². The first-order chi connectivity index (χ1) is 28.3. The summed E-state index contributed by atoms with van der Waals surface area (Å²) in [4.78, 5) is 69.2. The lowest BCUT2D eigenvalue weighted by Crippen LogP contribution is -2.60. The highest BCUT2D eigenvalue weighted by Crippen LogP contribution is 2.43. The third-order valence-electron chi connectivity index (χ3n) is 13.1. The number of cyclic esters (lactones) is 1. The van der Waals surface area contributed by atoms with Crippen LogP contribution < -0.4 is 4.74 Å². The Morgan fingerprint density at radius 1 is 0.967 bits per heavy atom. The van der Waals surface area contributed by atoms with Crippen molar-refractivity contribution in [3.8, 4) is 17.1 Å². The molecular formula is C44H67N5O11. The van der Waals surface area contributed by atoms with Gasteiger partial charge in [0, 0.05) is 68.0 Å². The number of ether oxygens (including phenoxy) is 6. The van der Waals surface area contributed by atoms with E-state index in [0.29, 0.717) is 31.7 Å². The van der Waals surface area contributed by atoms with Gasteiger partial charge in [-0.2, -0.15) is 0 Å². The number of fused-ring (bicyclic) bond motifs is 1. The number of ketones is 2. The number of carbonyl (C=O) groups is 4. The fourth-order valence-corrected chi connectivity index (χ4v) is 9.57. The lowest BCUT2D eigenvalue weighted by atomic mass is 9.73. The number of methoxy groups -OCH3 is 2. The van der Waals surface area contributed by atoms with Gasteiger partial charge in [-0.3, -0.25) is 14.4 Å². The highest BCUT2D eigenvalue weighted by atomic mass is 16.7. The van der Waals surface area contributed by atoms with Crippen LogP contribution in [0.2, 0.25) is 0 Å². The Labute approximate surface area is 354 Å². The van der Waals surface area contributed by atoms with Crippen LogP contribution >= 0.6 is 0 Å². The van der Waals surface area contributed by atoms with Crippen LogP contribution in [0.4, 0.5) is 4.79 Å². The predicted octanol–water partition coefficient (Wildman–Crippen LogP) is 4.94. The number of aliphatic hydroxyl groups is 1. The number of imidazole rings is 1. The highest BCUT2D eigenvalue weighted by molar-refractivity contribution is 6.00. The Kier molecular flexibility index (Phi) is 15.2. The van der Waals surface area contributed by atoms with Crippen LogP contribution in [0.25, 0.3) is 11.3 Å². The molecule has 3 aliphatic heterocycles. The Morgan fingerprint density at radius 2 is 1.67 bits per heavy atom. The summed E-state index contributed by atoms with van der Waals surface area (Å²) in [5.41, 5.74) is -1.06. The Balaban J connectivity index is 1.42. The number of likely N-dealkylation sites (N-methyl/N-ethyl adjacent to an activating group) is 1. The van der Waals surface area contributed by atoms with E-state index < -0.39 is 83.4 Å². The predicted molar refractivity (Wildman–Crippen MR) is 221 cm³/mol. The highest BCUT2D eigenvalue weighted by Gasteiger charge is 2.60. The third-order valence-corrected chi connectivity index (χ3v) is 13.1. The van der Waals surface area contributed by atoms with Crippen molar-refractivity contribution in [1.29, 1.82) is 0 Å². The fourth-order valence-electron chi connectivity index (χ4n) is 9.57. The number of pyridine rings is 1. The number of hydrogen-bond donors (Lipinski definition) is 1. The first-order valence-electron chi connectivity index (χ1n) is 21.3. The zero-order valence-electron chi connectivity index (χ0n) is 37.5. The molecule has 13 atom stereocenters. The number of hydrogen-bond acceptors (Lipinski definition) is 14. The Bertz CT molecular complexity index is 1810. The van der Waals surface area contributed by atoms with Gasteiger partial charge in [0.25, 0.3) is 0 Å². The molecule has 1 amide bonds. The van der Waals surface area contributed by atoms with E-state index in [1.165, 1.54) is 14.0 Å². The second-order valence-electron chi connectivity index (χ2n) is 17.7. The first kappa shape index (κ1) is 47.1. The van der Waals surface area contributed by atoms with Crippen molar-refractivity contribution in [2.75, 3.05) is 34.9 Å². The maximum atomic E-state index is 14.7. The molecule has 1 N–H and O–H groups in total. The number of amides is 1. The van der Waals surface area contributed by atoms with Crippen molar-refractivity contribution >= 4 is 23.6 Å². The van der Waals surface area contributed by atoms with Gasteiger partial charge >= 0.3 is 12.1 Å². The summed E-state index contributed by atoms with van der Waals surface area (Å²) in [6, 6.07) is 2.59. The molecule has 3 saturated heterocycles. The monoisotopic (exact) mass is 841 g/mol. The van der Waals surface area contributed by atoms with Crippen LogP contribution in [-0.4, -0.2) is 142 Å². The third kappa shape index (κ3) is 9.72. The van der Waals surface area contributed by atoms with Gasteiger partial charge < -0.3 is 47.9 Å². The molecule has 5 heterocycles. The topological polar surface area (TPSA) is 181 Å². The molecule has 334 valence electrons. The number of aryl methyl sites for hydroxylation is 1. The molecule has 16 heteroatoms. The molecule has 3 aliphatic rings. The van der Waals surface area contributed by atoms with Crippen LogP contribution in [0, 0.1) is 23.7 Å². The largest absolute Gasteiger partial charge is 0.481 e. The van der Waals surface area contributed by atoms with E-state index in [1.807, 2.05) is 56.6 Å². The van der Waals surface area contributed by atoms with E-state index in [4.69, 9.17) is 28.4 Å². The average Bonchev–Trinajstić information content (AvgIpc) is 3.80. The molecule has 0 radical (unpaired) electrons. The zero-order chi connectivity index (χ0) is 44.3. The number of aromatic nitrogens is 3. The summed E-state index contributed by atoms with van der Waals surface area (Å²) in [6.45, 7) is 14.9. The first-order valence-corrected chi connectivity index (χ1v) is 21.3. The minimum absolute atomic E-state index is 0.123. The molecule has 0 aliphatic carbocycles. The van der Waals surface area contributed by atoms with Gasteiger partial charge in [-0.05, 0) is 80.0 Å². The summed E-state index contributed by atoms with van der Waals surface area (Å²) in [6.07, 6.45) is 2.55. The number of aliphatic hydroxyl groups excluding tert-OH is 1. The summed E-state index contributed by atoms with van der Waals surface area (Å²) in [7, 11) is 6.80. The summed E-state index contributed by atoms with van der Waals surface area (Å²) in [5, 5.41) is 11.5. The lowest BCUT2D eigenvalue weighted by Gasteiger charge is -2.47. The van der Waals surface area contributed by atoms with Crippen molar-refractivity contribution in [1.82, 2.24) is 24.3 Å². The van der Waals surface area contributed by atoms with Crippen molar-refractivity contribution in [3.63, 3.8) is 0 Å². The maximum Gasteiger partial charge on any atom is 0.410 e. The minimum atomic E-state index is -1.41. The Hall–Kier alpha value is -3.96. The van der Waals surface area contributed by atoms with Gasteiger partial charge in [0.15, 0.2) is 17.7 Å². The summed E-state index contributed by atoms with van der Waals surface area (Å²) < 4.78 is 38.4. The molecule has 1 unspecified atom stereocenters. The van der Waals surface area contributed by atoms with Gasteiger partial charge in [0.05, 0.1) is 43.0 Å². The minimum Gasteiger partial charge on any atom is -0.481 e. The fraction of sp³-hybridized carbons (Fsp3) is 0.727. The van der Waals surface area contributed by atoms with Gasteiger partial charge in [0.1, 0.15) is 23.9 Å². The van der Waals surface area contributed by atoms with Crippen LogP contribution in [-0.2, 0) is 44.6 Å². The molecule has 2 aromatic heterocycles. The van der Waals surface area contributed by atoms with E-state index in [9.17, 15) is 24.3 Å². The van der Waals surface area contributed by atoms with Gasteiger partial charge in [-0.25, -0.2) is 14.8 Å². The van der Waals surface area contributed by atoms with E-state index in [2.05, 4.69) is 9.97 Å². The lowest BCUT2D eigenvalue weighted by molar-refractivity contribution is -0.295. The molecular weight excluding hydrogens is 775 g/mol. The van der Waals surface area contributed by atoms with Crippen molar-refractivity contribution in [2.45, 2.75) is 148 Å². The van der Waals surface area contributed by atoms with E-state index in [1.54, 1.807) is 58.3 Å². The second kappa shape index (κ2) is 19.4. The molecule has 60 heavy (non-hydrogen) atoms. The maximum absolute atomic E-state index is 14.7. The zero-order valence-corrected chi connectivity index (χ0v) is 37.5. The quantitative estimate of drug-likeness (QED) is 0.173. The second-order valence-corrected chi connectivity index (χ2v) is 17.7.